The van der Waals surface area contributed by atoms with Crippen LogP contribution in [0.2, 0.25) is 0 Å². The first-order valence-corrected chi connectivity index (χ1v) is 8.11. The van der Waals surface area contributed by atoms with Crippen LogP contribution in [-0.2, 0) is 11.2 Å². The second-order valence-electron chi connectivity index (χ2n) is 5.96. The lowest BCUT2D eigenvalue weighted by Gasteiger charge is -2.15. The van der Waals surface area contributed by atoms with Gasteiger partial charge in [0.1, 0.15) is 5.75 Å². The number of hydrogen-bond acceptors (Lipinski definition) is 2. The van der Waals surface area contributed by atoms with Gasteiger partial charge in [0.15, 0.2) is 6.10 Å². The van der Waals surface area contributed by atoms with E-state index in [0.717, 1.165) is 29.7 Å². The van der Waals surface area contributed by atoms with Crippen LogP contribution in [0, 0.1) is 13.8 Å². The summed E-state index contributed by atoms with van der Waals surface area (Å²) in [6.07, 6.45) is 1.40. The van der Waals surface area contributed by atoms with Crippen molar-refractivity contribution >= 4 is 5.91 Å². The van der Waals surface area contributed by atoms with E-state index >= 15 is 0 Å². The number of ether oxygens (including phenoxy) is 1. The van der Waals surface area contributed by atoms with E-state index in [0.29, 0.717) is 6.54 Å². The molecule has 0 heterocycles. The number of amides is 1. The van der Waals surface area contributed by atoms with Gasteiger partial charge in [0.05, 0.1) is 0 Å². The molecule has 1 N–H and O–H groups in total. The van der Waals surface area contributed by atoms with Gasteiger partial charge in [-0.05, 0) is 62.4 Å². The van der Waals surface area contributed by atoms with Crippen molar-refractivity contribution in [2.75, 3.05) is 6.54 Å². The first-order valence-electron chi connectivity index (χ1n) is 8.11. The first kappa shape index (κ1) is 17.1. The highest BCUT2D eigenvalue weighted by Gasteiger charge is 2.14. The van der Waals surface area contributed by atoms with Crippen molar-refractivity contribution in [1.82, 2.24) is 5.32 Å². The summed E-state index contributed by atoms with van der Waals surface area (Å²) in [7, 11) is 0. The van der Waals surface area contributed by atoms with E-state index in [4.69, 9.17) is 4.74 Å². The molecule has 0 fully saturated rings. The van der Waals surface area contributed by atoms with Gasteiger partial charge in [-0.3, -0.25) is 4.79 Å². The fourth-order valence-electron chi connectivity index (χ4n) is 2.55. The summed E-state index contributed by atoms with van der Waals surface area (Å²) in [6, 6.07) is 16.3. The quantitative estimate of drug-likeness (QED) is 0.789. The average Bonchev–Trinajstić information content (AvgIpc) is 2.51. The summed E-state index contributed by atoms with van der Waals surface area (Å²) < 4.78 is 5.74. The number of benzene rings is 2. The van der Waals surface area contributed by atoms with Crippen molar-refractivity contribution < 1.29 is 9.53 Å². The standard InChI is InChI=1S/C20H25NO2/c1-15-12-16(2)14-19(13-15)23-17(3)20(22)21-11-7-10-18-8-5-4-6-9-18/h4-6,8-9,12-14,17H,7,10-11H2,1-3H3,(H,21,22). The fraction of sp³-hybridized carbons (Fsp3) is 0.350. The zero-order valence-electron chi connectivity index (χ0n) is 14.1. The molecule has 0 aromatic heterocycles. The molecular weight excluding hydrogens is 286 g/mol. The third-order valence-electron chi connectivity index (χ3n) is 3.66. The molecule has 1 amide bonds. The summed E-state index contributed by atoms with van der Waals surface area (Å²) >= 11 is 0. The lowest BCUT2D eigenvalue weighted by Crippen LogP contribution is -2.37. The number of carbonyl (C=O) groups is 1. The Balaban J connectivity index is 1.74. The highest BCUT2D eigenvalue weighted by molar-refractivity contribution is 5.80. The Morgan fingerprint density at radius 1 is 1.09 bits per heavy atom. The van der Waals surface area contributed by atoms with Crippen molar-refractivity contribution in [3.63, 3.8) is 0 Å². The zero-order chi connectivity index (χ0) is 16.7. The van der Waals surface area contributed by atoms with Crippen LogP contribution in [0.5, 0.6) is 5.75 Å². The fourth-order valence-corrected chi connectivity index (χ4v) is 2.55. The van der Waals surface area contributed by atoms with Crippen LogP contribution in [0.25, 0.3) is 0 Å². The maximum atomic E-state index is 12.1. The predicted octanol–water partition coefficient (Wildman–Crippen LogP) is 3.82. The molecule has 2 aromatic rings. The van der Waals surface area contributed by atoms with E-state index in [2.05, 4.69) is 23.5 Å². The summed E-state index contributed by atoms with van der Waals surface area (Å²) in [6.45, 7) is 6.49. The molecule has 2 aromatic carbocycles. The minimum atomic E-state index is -0.493. The van der Waals surface area contributed by atoms with Gasteiger partial charge in [0.25, 0.3) is 5.91 Å². The molecule has 2 rings (SSSR count). The molecule has 0 bridgehead atoms. The van der Waals surface area contributed by atoms with Gasteiger partial charge < -0.3 is 10.1 Å². The third-order valence-corrected chi connectivity index (χ3v) is 3.66. The van der Waals surface area contributed by atoms with Crippen molar-refractivity contribution in [3.05, 3.63) is 65.2 Å². The lowest BCUT2D eigenvalue weighted by atomic mass is 10.1. The van der Waals surface area contributed by atoms with E-state index < -0.39 is 6.10 Å². The minimum absolute atomic E-state index is 0.0720. The van der Waals surface area contributed by atoms with Crippen LogP contribution in [0.4, 0.5) is 0 Å². The molecule has 0 aliphatic heterocycles. The molecule has 3 heteroatoms. The Kier molecular flexibility index (Phi) is 6.21. The molecule has 0 radical (unpaired) electrons. The molecule has 122 valence electrons. The SMILES string of the molecule is Cc1cc(C)cc(OC(C)C(=O)NCCCc2ccccc2)c1. The van der Waals surface area contributed by atoms with Gasteiger partial charge in [-0.2, -0.15) is 0 Å². The van der Waals surface area contributed by atoms with E-state index in [1.807, 2.05) is 44.2 Å². The lowest BCUT2D eigenvalue weighted by molar-refractivity contribution is -0.127. The van der Waals surface area contributed by atoms with Crippen molar-refractivity contribution in [1.29, 1.82) is 0 Å². The first-order chi connectivity index (χ1) is 11.0. The molecule has 3 nitrogen and oxygen atoms in total. The van der Waals surface area contributed by atoms with Gasteiger partial charge in [0, 0.05) is 6.54 Å². The van der Waals surface area contributed by atoms with E-state index in [1.54, 1.807) is 6.92 Å². The average molecular weight is 311 g/mol. The third kappa shape index (κ3) is 5.78. The van der Waals surface area contributed by atoms with Crippen LogP contribution in [0.1, 0.15) is 30.0 Å². The highest BCUT2D eigenvalue weighted by Crippen LogP contribution is 2.17. The highest BCUT2D eigenvalue weighted by atomic mass is 16.5. The summed E-state index contributed by atoms with van der Waals surface area (Å²) in [5.74, 6) is 0.673. The van der Waals surface area contributed by atoms with Gasteiger partial charge in [-0.1, -0.05) is 36.4 Å². The molecule has 1 atom stereocenters. The number of hydrogen-bond donors (Lipinski definition) is 1. The zero-order valence-corrected chi connectivity index (χ0v) is 14.1. The second-order valence-corrected chi connectivity index (χ2v) is 5.96. The van der Waals surface area contributed by atoms with Gasteiger partial charge in [-0.15, -0.1) is 0 Å². The minimum Gasteiger partial charge on any atom is -0.481 e. The van der Waals surface area contributed by atoms with Crippen LogP contribution >= 0.6 is 0 Å². The Morgan fingerprint density at radius 3 is 2.39 bits per heavy atom. The molecule has 23 heavy (non-hydrogen) atoms. The maximum absolute atomic E-state index is 12.1. The van der Waals surface area contributed by atoms with Crippen LogP contribution < -0.4 is 10.1 Å². The molecule has 0 spiro atoms. The van der Waals surface area contributed by atoms with E-state index in [9.17, 15) is 4.79 Å². The Bertz CT molecular complexity index is 617. The second kappa shape index (κ2) is 8.37. The Hall–Kier alpha value is -2.29. The molecule has 0 aliphatic rings. The van der Waals surface area contributed by atoms with Gasteiger partial charge >= 0.3 is 0 Å². The van der Waals surface area contributed by atoms with Crippen LogP contribution in [0.3, 0.4) is 0 Å². The molecule has 1 unspecified atom stereocenters. The monoisotopic (exact) mass is 311 g/mol. The van der Waals surface area contributed by atoms with Crippen molar-refractivity contribution in [2.24, 2.45) is 0 Å². The molecule has 0 saturated heterocycles. The summed E-state index contributed by atoms with van der Waals surface area (Å²) in [5.41, 5.74) is 3.56. The summed E-state index contributed by atoms with van der Waals surface area (Å²) in [4.78, 5) is 12.1. The predicted molar refractivity (Wildman–Crippen MR) is 93.8 cm³/mol. The molecule has 0 saturated carbocycles. The van der Waals surface area contributed by atoms with Gasteiger partial charge in [0.2, 0.25) is 0 Å². The number of aryl methyl sites for hydroxylation is 3. The number of rotatable bonds is 7. The van der Waals surface area contributed by atoms with Crippen molar-refractivity contribution in [2.45, 2.75) is 39.7 Å². The maximum Gasteiger partial charge on any atom is 0.260 e. The topological polar surface area (TPSA) is 38.3 Å². The Labute approximate surface area is 138 Å². The van der Waals surface area contributed by atoms with E-state index in [-0.39, 0.29) is 5.91 Å². The van der Waals surface area contributed by atoms with E-state index in [1.165, 1.54) is 5.56 Å². The van der Waals surface area contributed by atoms with Gasteiger partial charge in [-0.25, -0.2) is 0 Å². The Morgan fingerprint density at radius 2 is 1.74 bits per heavy atom. The normalized spacial score (nSPS) is 11.8. The molecule has 0 aliphatic carbocycles. The van der Waals surface area contributed by atoms with Crippen LogP contribution in [0.15, 0.2) is 48.5 Å². The summed E-state index contributed by atoms with van der Waals surface area (Å²) in [5, 5.41) is 2.94. The largest absolute Gasteiger partial charge is 0.481 e. The number of nitrogens with one attached hydrogen (secondary N) is 1. The van der Waals surface area contributed by atoms with Crippen molar-refractivity contribution in [3.8, 4) is 5.75 Å². The van der Waals surface area contributed by atoms with Crippen LogP contribution in [-0.4, -0.2) is 18.6 Å². The number of carbonyl (C=O) groups excluding carboxylic acids is 1. The molecular formula is C20H25NO2. The smallest absolute Gasteiger partial charge is 0.260 e.